The van der Waals surface area contributed by atoms with E-state index in [0.717, 1.165) is 17.9 Å². The van der Waals surface area contributed by atoms with Crippen molar-refractivity contribution >= 4 is 11.5 Å². The molecule has 0 aliphatic heterocycles. The molecule has 3 rings (SSSR count). The Balaban J connectivity index is 2.01. The first kappa shape index (κ1) is 12.4. The van der Waals surface area contributed by atoms with Crippen molar-refractivity contribution in [2.75, 3.05) is 11.9 Å². The molecule has 6 nitrogen and oxygen atoms in total. The van der Waals surface area contributed by atoms with Crippen molar-refractivity contribution in [3.63, 3.8) is 0 Å². The van der Waals surface area contributed by atoms with E-state index >= 15 is 0 Å². The van der Waals surface area contributed by atoms with Crippen molar-refractivity contribution in [1.82, 2.24) is 19.2 Å². The van der Waals surface area contributed by atoms with Crippen molar-refractivity contribution < 1.29 is 0 Å². The molecule has 3 aromatic heterocycles. The molecule has 0 spiro atoms. The van der Waals surface area contributed by atoms with Crippen LogP contribution in [-0.2, 0) is 6.54 Å². The Morgan fingerprint density at radius 1 is 1.25 bits per heavy atom. The van der Waals surface area contributed by atoms with Gasteiger partial charge in [0.2, 0.25) is 0 Å². The quantitative estimate of drug-likeness (QED) is 0.777. The summed E-state index contributed by atoms with van der Waals surface area (Å²) < 4.78 is 2.98. The maximum absolute atomic E-state index is 12.2. The van der Waals surface area contributed by atoms with Gasteiger partial charge in [-0.3, -0.25) is 4.40 Å². The lowest BCUT2D eigenvalue weighted by Crippen LogP contribution is -2.22. The minimum atomic E-state index is -0.146. The molecule has 102 valence electrons. The van der Waals surface area contributed by atoms with Crippen molar-refractivity contribution in [2.45, 2.75) is 13.5 Å². The number of hydrogen-bond acceptors (Lipinski definition) is 4. The number of anilines is 1. The predicted octanol–water partition coefficient (Wildman–Crippen LogP) is 1.37. The number of rotatable bonds is 4. The lowest BCUT2D eigenvalue weighted by molar-refractivity contribution is 0.658. The summed E-state index contributed by atoms with van der Waals surface area (Å²) in [5.74, 6) is 0.791. The lowest BCUT2D eigenvalue weighted by atomic mass is 10.2. The summed E-state index contributed by atoms with van der Waals surface area (Å²) in [5, 5.41) is 7.51. The zero-order valence-corrected chi connectivity index (χ0v) is 11.2. The molecule has 0 aliphatic rings. The number of nitrogens with one attached hydrogen (secondary N) is 1. The molecular formula is C14H15N5O. The van der Waals surface area contributed by atoms with Gasteiger partial charge >= 0.3 is 5.69 Å². The average Bonchev–Trinajstić information content (AvgIpc) is 2.79. The number of pyridine rings is 2. The average molecular weight is 269 g/mol. The maximum Gasteiger partial charge on any atom is 0.350 e. The van der Waals surface area contributed by atoms with Crippen LogP contribution >= 0.6 is 0 Å². The number of fused-ring (bicyclic) bond motifs is 1. The van der Waals surface area contributed by atoms with Gasteiger partial charge < -0.3 is 5.32 Å². The largest absolute Gasteiger partial charge is 0.370 e. The van der Waals surface area contributed by atoms with Gasteiger partial charge in [-0.1, -0.05) is 12.1 Å². The highest BCUT2D eigenvalue weighted by Crippen LogP contribution is 2.12. The fraction of sp³-hybridized carbons (Fsp3) is 0.214. The Morgan fingerprint density at radius 3 is 2.95 bits per heavy atom. The van der Waals surface area contributed by atoms with Gasteiger partial charge in [0.05, 0.1) is 6.54 Å². The van der Waals surface area contributed by atoms with Crippen LogP contribution in [0.25, 0.3) is 5.65 Å². The van der Waals surface area contributed by atoms with Crippen molar-refractivity contribution in [3.8, 4) is 0 Å². The van der Waals surface area contributed by atoms with Crippen LogP contribution in [0.1, 0.15) is 12.5 Å². The Bertz CT molecular complexity index is 789. The fourth-order valence-corrected chi connectivity index (χ4v) is 2.13. The molecule has 6 heteroatoms. The van der Waals surface area contributed by atoms with Gasteiger partial charge in [-0.05, 0) is 25.1 Å². The first-order valence-electron chi connectivity index (χ1n) is 6.51. The van der Waals surface area contributed by atoms with E-state index in [4.69, 9.17) is 0 Å². The molecule has 0 atom stereocenters. The monoisotopic (exact) mass is 269 g/mol. The highest BCUT2D eigenvalue weighted by atomic mass is 16.2. The van der Waals surface area contributed by atoms with E-state index in [-0.39, 0.29) is 5.69 Å². The molecule has 0 fully saturated rings. The third-order valence-corrected chi connectivity index (χ3v) is 3.04. The highest BCUT2D eigenvalue weighted by Gasteiger charge is 2.09. The molecule has 1 N–H and O–H groups in total. The molecule has 20 heavy (non-hydrogen) atoms. The number of aromatic nitrogens is 4. The van der Waals surface area contributed by atoms with E-state index in [1.54, 1.807) is 12.4 Å². The van der Waals surface area contributed by atoms with E-state index in [0.29, 0.717) is 12.2 Å². The summed E-state index contributed by atoms with van der Waals surface area (Å²) >= 11 is 0. The van der Waals surface area contributed by atoms with E-state index < -0.39 is 0 Å². The van der Waals surface area contributed by atoms with Crippen molar-refractivity contribution in [2.24, 2.45) is 0 Å². The van der Waals surface area contributed by atoms with Gasteiger partial charge in [-0.15, -0.1) is 5.10 Å². The third-order valence-electron chi connectivity index (χ3n) is 3.04. The second-order valence-corrected chi connectivity index (χ2v) is 4.41. The summed E-state index contributed by atoms with van der Waals surface area (Å²) in [5.41, 5.74) is 1.44. The first-order chi connectivity index (χ1) is 9.79. The normalized spacial score (nSPS) is 10.8. The van der Waals surface area contributed by atoms with Gasteiger partial charge in [-0.25, -0.2) is 14.5 Å². The van der Waals surface area contributed by atoms with Gasteiger partial charge in [0, 0.05) is 24.5 Å². The molecule has 0 amide bonds. The zero-order valence-electron chi connectivity index (χ0n) is 11.2. The summed E-state index contributed by atoms with van der Waals surface area (Å²) in [4.78, 5) is 16.5. The van der Waals surface area contributed by atoms with Crippen LogP contribution in [-0.4, -0.2) is 25.7 Å². The van der Waals surface area contributed by atoms with Crippen LogP contribution in [0, 0.1) is 0 Å². The summed E-state index contributed by atoms with van der Waals surface area (Å²) in [7, 11) is 0. The summed E-state index contributed by atoms with van der Waals surface area (Å²) in [6.45, 7) is 3.19. The highest BCUT2D eigenvalue weighted by molar-refractivity contribution is 5.44. The van der Waals surface area contributed by atoms with Gasteiger partial charge in [0.15, 0.2) is 5.65 Å². The molecule has 0 bridgehead atoms. The molecule has 0 saturated heterocycles. The van der Waals surface area contributed by atoms with E-state index in [9.17, 15) is 4.79 Å². The van der Waals surface area contributed by atoms with Crippen LogP contribution < -0.4 is 11.0 Å². The van der Waals surface area contributed by atoms with Crippen LogP contribution in [0.2, 0.25) is 0 Å². The summed E-state index contributed by atoms with van der Waals surface area (Å²) in [6.07, 6.45) is 3.45. The first-order valence-corrected chi connectivity index (χ1v) is 6.51. The lowest BCUT2D eigenvalue weighted by Gasteiger charge is -2.08. The molecule has 0 unspecified atom stereocenters. The van der Waals surface area contributed by atoms with Crippen molar-refractivity contribution in [3.05, 3.63) is 58.8 Å². The molecule has 0 aromatic carbocycles. The van der Waals surface area contributed by atoms with Gasteiger partial charge in [0.25, 0.3) is 0 Å². The molecule has 3 aromatic rings. The summed E-state index contributed by atoms with van der Waals surface area (Å²) in [6, 6.07) is 9.29. The molecule has 0 saturated carbocycles. The Labute approximate surface area is 115 Å². The Kier molecular flexibility index (Phi) is 3.20. The topological polar surface area (TPSA) is 64.2 Å². The van der Waals surface area contributed by atoms with Gasteiger partial charge in [-0.2, -0.15) is 0 Å². The zero-order chi connectivity index (χ0) is 13.9. The second kappa shape index (κ2) is 5.16. The van der Waals surface area contributed by atoms with Gasteiger partial charge in [0.1, 0.15) is 5.82 Å². The molecule has 0 aliphatic carbocycles. The minimum Gasteiger partial charge on any atom is -0.370 e. The third kappa shape index (κ3) is 2.16. The Morgan fingerprint density at radius 2 is 2.15 bits per heavy atom. The fourth-order valence-electron chi connectivity index (χ4n) is 2.13. The smallest absolute Gasteiger partial charge is 0.350 e. The molecule has 0 radical (unpaired) electrons. The standard InChI is InChI=1S/C14H15N5O/c1-2-15-13-11(6-5-8-16-13)10-19-14(20)18-9-4-3-7-12(18)17-19/h3-9H,2,10H2,1H3,(H,15,16). The minimum absolute atomic E-state index is 0.146. The molecular weight excluding hydrogens is 254 g/mol. The van der Waals surface area contributed by atoms with Crippen molar-refractivity contribution in [1.29, 1.82) is 0 Å². The Hall–Kier alpha value is -2.63. The molecule has 3 heterocycles. The number of hydrogen-bond donors (Lipinski definition) is 1. The second-order valence-electron chi connectivity index (χ2n) is 4.41. The SMILES string of the molecule is CCNc1ncccc1Cn1nc2ccccn2c1=O. The van der Waals surface area contributed by atoms with E-state index in [1.165, 1.54) is 9.08 Å². The van der Waals surface area contributed by atoms with E-state index in [1.807, 2.05) is 37.3 Å². The maximum atomic E-state index is 12.2. The van der Waals surface area contributed by atoms with Crippen LogP contribution in [0.5, 0.6) is 0 Å². The van der Waals surface area contributed by atoms with E-state index in [2.05, 4.69) is 15.4 Å². The number of nitrogens with zero attached hydrogens (tertiary/aromatic N) is 4. The van der Waals surface area contributed by atoms with Crippen LogP contribution in [0.3, 0.4) is 0 Å². The van der Waals surface area contributed by atoms with Crippen LogP contribution in [0.4, 0.5) is 5.82 Å². The van der Waals surface area contributed by atoms with Crippen LogP contribution in [0.15, 0.2) is 47.5 Å². The predicted molar refractivity (Wildman–Crippen MR) is 77.0 cm³/mol.